The lowest BCUT2D eigenvalue weighted by atomic mass is 10.1. The predicted octanol–water partition coefficient (Wildman–Crippen LogP) is 2.67. The van der Waals surface area contributed by atoms with E-state index >= 15 is 0 Å². The summed E-state index contributed by atoms with van der Waals surface area (Å²) in [5, 5.41) is 11.5. The van der Waals surface area contributed by atoms with Gasteiger partial charge in [-0.1, -0.05) is 17.7 Å². The number of rotatable bonds is 3. The Morgan fingerprint density at radius 1 is 1.07 bits per heavy atom. The minimum atomic E-state index is -0.357. The van der Waals surface area contributed by atoms with Crippen LogP contribution in [-0.2, 0) is 4.79 Å². The average Bonchev–Trinajstić information content (AvgIpc) is 2.64. The molecule has 1 N–H and O–H groups in total. The summed E-state index contributed by atoms with van der Waals surface area (Å²) in [5.41, 5.74) is 2.72. The maximum Gasteiger partial charge on any atom is 0.276 e. The van der Waals surface area contributed by atoms with Crippen molar-refractivity contribution in [3.63, 3.8) is 0 Å². The highest BCUT2D eigenvalue weighted by Gasteiger charge is 2.20. The summed E-state index contributed by atoms with van der Waals surface area (Å²) in [6, 6.07) is 7.18. The number of benzene rings is 1. The second kappa shape index (κ2) is 7.92. The van der Waals surface area contributed by atoms with Gasteiger partial charge in [-0.05, 0) is 43.2 Å². The van der Waals surface area contributed by atoms with Crippen LogP contribution in [0.1, 0.15) is 28.5 Å². The molecule has 1 aromatic heterocycles. The Morgan fingerprint density at radius 2 is 1.78 bits per heavy atom. The van der Waals surface area contributed by atoms with Crippen LogP contribution in [0.15, 0.2) is 24.3 Å². The predicted molar refractivity (Wildman–Crippen MR) is 105 cm³/mol. The summed E-state index contributed by atoms with van der Waals surface area (Å²) in [5.74, 6) is 0.418. The number of piperazine rings is 1. The van der Waals surface area contributed by atoms with Crippen LogP contribution in [0.5, 0.6) is 0 Å². The minimum Gasteiger partial charge on any atom is -0.352 e. The fourth-order valence-corrected chi connectivity index (χ4v) is 3.49. The quantitative estimate of drug-likeness (QED) is 0.875. The Hall–Kier alpha value is -2.67. The number of aromatic nitrogens is 2. The first kappa shape index (κ1) is 19.1. The molecule has 1 aromatic carbocycles. The van der Waals surface area contributed by atoms with Crippen molar-refractivity contribution in [2.75, 3.05) is 36.4 Å². The maximum atomic E-state index is 12.5. The van der Waals surface area contributed by atoms with Gasteiger partial charge < -0.3 is 15.1 Å². The third-order valence-electron chi connectivity index (χ3n) is 4.60. The number of nitrogens with zero attached hydrogens (tertiary/aromatic N) is 4. The van der Waals surface area contributed by atoms with E-state index in [-0.39, 0.29) is 17.5 Å². The summed E-state index contributed by atoms with van der Waals surface area (Å²) in [6.07, 6.45) is 0. The fourth-order valence-electron chi connectivity index (χ4n) is 3.12. The van der Waals surface area contributed by atoms with Crippen LogP contribution in [-0.4, -0.2) is 53.1 Å². The van der Waals surface area contributed by atoms with E-state index in [1.807, 2.05) is 19.9 Å². The molecule has 2 heterocycles. The Bertz CT molecular complexity index is 838. The summed E-state index contributed by atoms with van der Waals surface area (Å²) < 4.78 is 0. The third kappa shape index (κ3) is 4.36. The Labute approximate surface area is 163 Å². The number of halogens is 1. The molecule has 2 aromatic rings. The molecule has 0 aliphatic carbocycles. The molecule has 142 valence electrons. The molecule has 0 spiro atoms. The van der Waals surface area contributed by atoms with Crippen LogP contribution < -0.4 is 10.2 Å². The van der Waals surface area contributed by atoms with Crippen LogP contribution in [0.25, 0.3) is 0 Å². The van der Waals surface area contributed by atoms with E-state index in [4.69, 9.17) is 11.6 Å². The second-order valence-electron chi connectivity index (χ2n) is 6.66. The molecule has 0 saturated carbocycles. The van der Waals surface area contributed by atoms with Gasteiger partial charge in [-0.15, -0.1) is 10.2 Å². The van der Waals surface area contributed by atoms with Crippen molar-refractivity contribution < 1.29 is 9.59 Å². The van der Waals surface area contributed by atoms with Crippen molar-refractivity contribution in [3.8, 4) is 0 Å². The van der Waals surface area contributed by atoms with Crippen LogP contribution in [0.4, 0.5) is 11.5 Å². The van der Waals surface area contributed by atoms with Crippen molar-refractivity contribution in [2.45, 2.75) is 20.8 Å². The molecule has 7 nitrogen and oxygen atoms in total. The Kier molecular flexibility index (Phi) is 5.60. The highest BCUT2D eigenvalue weighted by Crippen LogP contribution is 2.27. The molecule has 0 unspecified atom stereocenters. The SMILES string of the molecule is CC(=O)N1CCN(c2ccc(C(=O)Nc3c(C)cc(C)cc3Cl)nn2)CC1. The number of hydrogen-bond donors (Lipinski definition) is 1. The topological polar surface area (TPSA) is 78.4 Å². The lowest BCUT2D eigenvalue weighted by molar-refractivity contribution is -0.129. The van der Waals surface area contributed by atoms with E-state index in [2.05, 4.69) is 20.4 Å². The molecule has 1 fully saturated rings. The largest absolute Gasteiger partial charge is 0.352 e. The maximum absolute atomic E-state index is 12.5. The number of nitrogens with one attached hydrogen (secondary N) is 1. The van der Waals surface area contributed by atoms with Gasteiger partial charge in [-0.25, -0.2) is 0 Å². The van der Waals surface area contributed by atoms with Gasteiger partial charge >= 0.3 is 0 Å². The van der Waals surface area contributed by atoms with Crippen molar-refractivity contribution in [2.24, 2.45) is 0 Å². The van der Waals surface area contributed by atoms with Gasteiger partial charge in [0.25, 0.3) is 5.91 Å². The normalized spacial score (nSPS) is 14.2. The van der Waals surface area contributed by atoms with Crippen molar-refractivity contribution in [1.29, 1.82) is 0 Å². The monoisotopic (exact) mass is 387 g/mol. The molecule has 0 radical (unpaired) electrons. The first-order valence-electron chi connectivity index (χ1n) is 8.77. The van der Waals surface area contributed by atoms with Gasteiger partial charge in [0.05, 0.1) is 10.7 Å². The van der Waals surface area contributed by atoms with Gasteiger partial charge in [0.15, 0.2) is 11.5 Å². The van der Waals surface area contributed by atoms with E-state index in [0.29, 0.717) is 42.7 Å². The number of carbonyl (C=O) groups excluding carboxylic acids is 2. The minimum absolute atomic E-state index is 0.0813. The average molecular weight is 388 g/mol. The van der Waals surface area contributed by atoms with Crippen LogP contribution in [0.3, 0.4) is 0 Å². The highest BCUT2D eigenvalue weighted by atomic mass is 35.5. The van der Waals surface area contributed by atoms with Crippen LogP contribution in [0, 0.1) is 13.8 Å². The Morgan fingerprint density at radius 3 is 2.33 bits per heavy atom. The number of carbonyl (C=O) groups is 2. The molecule has 2 amide bonds. The van der Waals surface area contributed by atoms with Gasteiger partial charge in [0, 0.05) is 33.1 Å². The van der Waals surface area contributed by atoms with E-state index in [0.717, 1.165) is 11.1 Å². The molecular formula is C19H22ClN5O2. The lowest BCUT2D eigenvalue weighted by Crippen LogP contribution is -2.48. The molecule has 1 aliphatic rings. The van der Waals surface area contributed by atoms with Gasteiger partial charge in [0.1, 0.15) is 0 Å². The van der Waals surface area contributed by atoms with Crippen molar-refractivity contribution in [3.05, 3.63) is 46.1 Å². The lowest BCUT2D eigenvalue weighted by Gasteiger charge is -2.34. The first-order chi connectivity index (χ1) is 12.8. The zero-order valence-electron chi connectivity index (χ0n) is 15.6. The molecule has 0 atom stereocenters. The van der Waals surface area contributed by atoms with Crippen LogP contribution in [0.2, 0.25) is 5.02 Å². The van der Waals surface area contributed by atoms with Crippen LogP contribution >= 0.6 is 11.6 Å². The molecule has 27 heavy (non-hydrogen) atoms. The highest BCUT2D eigenvalue weighted by molar-refractivity contribution is 6.34. The Balaban J connectivity index is 1.67. The third-order valence-corrected chi connectivity index (χ3v) is 4.90. The van der Waals surface area contributed by atoms with Gasteiger partial charge in [-0.2, -0.15) is 0 Å². The standard InChI is InChI=1S/C19H22ClN5O2/c1-12-10-13(2)18(15(20)11-12)21-19(27)16-4-5-17(23-22-16)25-8-6-24(7-9-25)14(3)26/h4-5,10-11H,6-9H2,1-3H3,(H,21,27). The van der Waals surface area contributed by atoms with Crippen molar-refractivity contribution in [1.82, 2.24) is 15.1 Å². The molecule has 1 saturated heterocycles. The molecular weight excluding hydrogens is 366 g/mol. The number of aryl methyl sites for hydroxylation is 2. The van der Waals surface area contributed by atoms with E-state index in [9.17, 15) is 9.59 Å². The zero-order chi connectivity index (χ0) is 19.6. The summed E-state index contributed by atoms with van der Waals surface area (Å²) >= 11 is 6.24. The number of anilines is 2. The molecule has 3 rings (SSSR count). The fraction of sp³-hybridized carbons (Fsp3) is 0.368. The van der Waals surface area contributed by atoms with Gasteiger partial charge in [0.2, 0.25) is 5.91 Å². The smallest absolute Gasteiger partial charge is 0.276 e. The summed E-state index contributed by atoms with van der Waals surface area (Å²) in [6.45, 7) is 8.12. The number of amides is 2. The van der Waals surface area contributed by atoms with Crippen molar-refractivity contribution >= 4 is 34.9 Å². The molecule has 1 aliphatic heterocycles. The molecule has 0 bridgehead atoms. The van der Waals surface area contributed by atoms with Gasteiger partial charge in [-0.3, -0.25) is 9.59 Å². The summed E-state index contributed by atoms with van der Waals surface area (Å²) in [7, 11) is 0. The van der Waals surface area contributed by atoms with E-state index in [1.54, 1.807) is 30.0 Å². The molecule has 8 heteroatoms. The zero-order valence-corrected chi connectivity index (χ0v) is 16.4. The summed E-state index contributed by atoms with van der Waals surface area (Å²) in [4.78, 5) is 27.7. The second-order valence-corrected chi connectivity index (χ2v) is 7.07. The van der Waals surface area contributed by atoms with E-state index in [1.165, 1.54) is 0 Å². The first-order valence-corrected chi connectivity index (χ1v) is 9.15. The number of hydrogen-bond acceptors (Lipinski definition) is 5. The van der Waals surface area contributed by atoms with E-state index < -0.39 is 0 Å².